The average molecular weight is 248 g/mol. The zero-order valence-corrected chi connectivity index (χ0v) is 10.0. The summed E-state index contributed by atoms with van der Waals surface area (Å²) in [5.41, 5.74) is -0.512. The fourth-order valence-electron chi connectivity index (χ4n) is 1.85. The molecule has 1 heterocycles. The summed E-state index contributed by atoms with van der Waals surface area (Å²) in [6.07, 6.45) is 0.526. The Bertz CT molecular complexity index is 727. The van der Waals surface area contributed by atoms with Crippen molar-refractivity contribution in [1.82, 2.24) is 9.13 Å². The number of aromatic nitrogens is 2. The Morgan fingerprint density at radius 3 is 2.67 bits per heavy atom. The van der Waals surface area contributed by atoms with Crippen LogP contribution in [0, 0.1) is 0 Å². The molecular weight excluding hydrogens is 236 g/mol. The van der Waals surface area contributed by atoms with Crippen molar-refractivity contribution in [3.05, 3.63) is 39.0 Å². The normalized spacial score (nSPS) is 10.6. The second kappa shape index (κ2) is 4.48. The molecule has 0 aliphatic rings. The smallest absolute Gasteiger partial charge is 0.331 e. The molecule has 6 nitrogen and oxygen atoms in total. The van der Waals surface area contributed by atoms with Crippen molar-refractivity contribution in [2.24, 2.45) is 7.05 Å². The lowest BCUT2D eigenvalue weighted by atomic mass is 10.2. The zero-order valence-electron chi connectivity index (χ0n) is 10.0. The first-order valence-corrected chi connectivity index (χ1v) is 5.31. The van der Waals surface area contributed by atoms with Gasteiger partial charge in [-0.2, -0.15) is 0 Å². The van der Waals surface area contributed by atoms with Crippen molar-refractivity contribution in [2.45, 2.75) is 6.54 Å². The Balaban J connectivity index is 2.93. The standard InChI is InChI=1S/C12H12N2O4/c1-13-10-7-8(18-2)3-4-9(10)11(16)14(5-6-15)12(13)17/h3-4,6-7H,5H2,1-2H3. The highest BCUT2D eigenvalue weighted by Gasteiger charge is 2.10. The number of ether oxygens (including phenoxy) is 1. The molecule has 6 heteroatoms. The first-order valence-electron chi connectivity index (χ1n) is 5.31. The number of nitrogens with zero attached hydrogens (tertiary/aromatic N) is 2. The molecule has 0 amide bonds. The van der Waals surface area contributed by atoms with Crippen LogP contribution in [0.2, 0.25) is 0 Å². The minimum absolute atomic E-state index is 0.243. The molecule has 18 heavy (non-hydrogen) atoms. The predicted molar refractivity (Wildman–Crippen MR) is 66.1 cm³/mol. The Hall–Kier alpha value is -2.37. The van der Waals surface area contributed by atoms with E-state index in [9.17, 15) is 14.4 Å². The summed E-state index contributed by atoms with van der Waals surface area (Å²) in [5.74, 6) is 0.560. The monoisotopic (exact) mass is 248 g/mol. The van der Waals surface area contributed by atoms with Crippen LogP contribution in [-0.2, 0) is 18.4 Å². The summed E-state index contributed by atoms with van der Waals surface area (Å²) in [6, 6.07) is 4.83. The van der Waals surface area contributed by atoms with Gasteiger partial charge < -0.3 is 9.53 Å². The number of rotatable bonds is 3. The number of carbonyl (C=O) groups is 1. The van der Waals surface area contributed by atoms with E-state index < -0.39 is 11.2 Å². The van der Waals surface area contributed by atoms with Crippen LogP contribution in [0.25, 0.3) is 10.9 Å². The molecule has 0 N–H and O–H groups in total. The van der Waals surface area contributed by atoms with Crippen LogP contribution in [0.4, 0.5) is 0 Å². The Kier molecular flexibility index (Phi) is 3.01. The van der Waals surface area contributed by atoms with Gasteiger partial charge in [-0.15, -0.1) is 0 Å². The van der Waals surface area contributed by atoms with Crippen LogP contribution >= 0.6 is 0 Å². The van der Waals surface area contributed by atoms with Gasteiger partial charge in [0.15, 0.2) is 0 Å². The molecule has 1 aromatic carbocycles. The highest BCUT2D eigenvalue weighted by Crippen LogP contribution is 2.16. The molecule has 0 aliphatic carbocycles. The van der Waals surface area contributed by atoms with Crippen LogP contribution in [0.5, 0.6) is 5.75 Å². The molecule has 0 aliphatic heterocycles. The summed E-state index contributed by atoms with van der Waals surface area (Å²) in [7, 11) is 3.05. The third kappa shape index (κ3) is 1.71. The number of aryl methyl sites for hydroxylation is 1. The number of fused-ring (bicyclic) bond motifs is 1. The fraction of sp³-hybridized carbons (Fsp3) is 0.250. The lowest BCUT2D eigenvalue weighted by Gasteiger charge is -2.09. The molecule has 0 bridgehead atoms. The number of hydrogen-bond donors (Lipinski definition) is 0. The Labute approximate surface area is 102 Å². The van der Waals surface area contributed by atoms with E-state index in [1.807, 2.05) is 0 Å². The highest BCUT2D eigenvalue weighted by atomic mass is 16.5. The first-order chi connectivity index (χ1) is 8.60. The van der Waals surface area contributed by atoms with E-state index >= 15 is 0 Å². The van der Waals surface area contributed by atoms with Crippen molar-refractivity contribution in [2.75, 3.05) is 7.11 Å². The van der Waals surface area contributed by atoms with Crippen molar-refractivity contribution in [1.29, 1.82) is 0 Å². The van der Waals surface area contributed by atoms with E-state index in [-0.39, 0.29) is 6.54 Å². The van der Waals surface area contributed by atoms with Crippen LogP contribution in [0.1, 0.15) is 0 Å². The minimum atomic E-state index is -0.521. The maximum Gasteiger partial charge on any atom is 0.331 e. The predicted octanol–water partition coefficient (Wildman–Crippen LogP) is -0.0923. The zero-order chi connectivity index (χ0) is 13.3. The van der Waals surface area contributed by atoms with Gasteiger partial charge in [-0.25, -0.2) is 4.79 Å². The third-order valence-electron chi connectivity index (χ3n) is 2.82. The number of aldehydes is 1. The molecule has 1 aromatic heterocycles. The second-order valence-electron chi connectivity index (χ2n) is 3.81. The third-order valence-corrected chi connectivity index (χ3v) is 2.82. The summed E-state index contributed by atoms with van der Waals surface area (Å²) in [6.45, 7) is -0.243. The fourth-order valence-corrected chi connectivity index (χ4v) is 1.85. The van der Waals surface area contributed by atoms with Gasteiger partial charge in [-0.1, -0.05) is 0 Å². The molecule has 0 radical (unpaired) electrons. The Morgan fingerprint density at radius 1 is 1.33 bits per heavy atom. The number of carbonyl (C=O) groups excluding carboxylic acids is 1. The van der Waals surface area contributed by atoms with E-state index in [2.05, 4.69) is 0 Å². The van der Waals surface area contributed by atoms with Gasteiger partial charge in [0.25, 0.3) is 5.56 Å². The van der Waals surface area contributed by atoms with Crippen LogP contribution in [0.15, 0.2) is 27.8 Å². The van der Waals surface area contributed by atoms with Crippen molar-refractivity contribution < 1.29 is 9.53 Å². The van der Waals surface area contributed by atoms with Gasteiger partial charge in [0, 0.05) is 13.1 Å². The van der Waals surface area contributed by atoms with Crippen molar-refractivity contribution in [3.8, 4) is 5.75 Å². The van der Waals surface area contributed by atoms with Gasteiger partial charge in [-0.05, 0) is 12.1 Å². The quantitative estimate of drug-likeness (QED) is 0.712. The van der Waals surface area contributed by atoms with Gasteiger partial charge in [0.1, 0.15) is 12.0 Å². The Morgan fingerprint density at radius 2 is 2.06 bits per heavy atom. The summed E-state index contributed by atoms with van der Waals surface area (Å²) < 4.78 is 7.28. The van der Waals surface area contributed by atoms with Gasteiger partial charge in [-0.3, -0.25) is 13.9 Å². The largest absolute Gasteiger partial charge is 0.497 e. The van der Waals surface area contributed by atoms with Crippen LogP contribution < -0.4 is 16.0 Å². The number of hydrogen-bond acceptors (Lipinski definition) is 4. The lowest BCUT2D eigenvalue weighted by Crippen LogP contribution is -2.39. The molecular formula is C12H12N2O4. The van der Waals surface area contributed by atoms with Crippen molar-refractivity contribution in [3.63, 3.8) is 0 Å². The molecule has 0 spiro atoms. The molecule has 0 saturated heterocycles. The average Bonchev–Trinajstić information content (AvgIpc) is 2.40. The summed E-state index contributed by atoms with van der Waals surface area (Å²) >= 11 is 0. The van der Waals surface area contributed by atoms with E-state index in [1.54, 1.807) is 25.2 Å². The summed E-state index contributed by atoms with van der Waals surface area (Å²) in [5, 5.41) is 0.375. The van der Waals surface area contributed by atoms with Crippen molar-refractivity contribution >= 4 is 17.2 Å². The second-order valence-corrected chi connectivity index (χ2v) is 3.81. The van der Waals surface area contributed by atoms with E-state index in [0.717, 1.165) is 4.57 Å². The van der Waals surface area contributed by atoms with Gasteiger partial charge >= 0.3 is 5.69 Å². The highest BCUT2D eigenvalue weighted by molar-refractivity contribution is 5.79. The number of benzene rings is 1. The molecule has 94 valence electrons. The molecule has 0 fully saturated rings. The molecule has 0 unspecified atom stereocenters. The SMILES string of the molecule is COc1ccc2c(=O)n(CC=O)c(=O)n(C)c2c1. The molecule has 2 aromatic rings. The van der Waals surface area contributed by atoms with Gasteiger partial charge in [0.2, 0.25) is 0 Å². The van der Waals surface area contributed by atoms with Crippen LogP contribution in [-0.4, -0.2) is 22.5 Å². The molecule has 2 rings (SSSR count). The summed E-state index contributed by atoms with van der Waals surface area (Å²) in [4.78, 5) is 34.5. The lowest BCUT2D eigenvalue weighted by molar-refractivity contribution is -0.108. The van der Waals surface area contributed by atoms with E-state index in [1.165, 1.54) is 11.7 Å². The number of methoxy groups -OCH3 is 1. The maximum absolute atomic E-state index is 12.0. The molecule has 0 atom stereocenters. The first kappa shape index (κ1) is 12.1. The topological polar surface area (TPSA) is 70.3 Å². The van der Waals surface area contributed by atoms with E-state index in [0.29, 0.717) is 22.9 Å². The minimum Gasteiger partial charge on any atom is -0.497 e. The van der Waals surface area contributed by atoms with E-state index in [4.69, 9.17) is 4.74 Å². The van der Waals surface area contributed by atoms with Crippen LogP contribution in [0.3, 0.4) is 0 Å². The van der Waals surface area contributed by atoms with Gasteiger partial charge in [0.05, 0.1) is 24.6 Å². The maximum atomic E-state index is 12.0. The molecule has 0 saturated carbocycles.